The number of hydrogen-bond donors (Lipinski definition) is 0. The molecule has 124 valence electrons. The van der Waals surface area contributed by atoms with Gasteiger partial charge in [0.05, 0.1) is 5.69 Å². The Labute approximate surface area is 137 Å². The highest BCUT2D eigenvalue weighted by Crippen LogP contribution is 2.28. The van der Waals surface area contributed by atoms with Gasteiger partial charge in [-0.05, 0) is 42.9 Å². The molecule has 2 aromatic rings. The monoisotopic (exact) mass is 316 g/mol. The number of aryl methyl sites for hydroxylation is 1. The maximum atomic E-state index is 13.3. The summed E-state index contributed by atoms with van der Waals surface area (Å²) in [6, 6.07) is 8.61. The van der Waals surface area contributed by atoms with E-state index in [4.69, 9.17) is 9.84 Å². The third kappa shape index (κ3) is 4.34. The van der Waals surface area contributed by atoms with Gasteiger partial charge in [0.2, 0.25) is 5.88 Å². The fourth-order valence-corrected chi connectivity index (χ4v) is 3.30. The first-order valence-electron chi connectivity index (χ1n) is 8.68. The van der Waals surface area contributed by atoms with Gasteiger partial charge in [0, 0.05) is 12.6 Å². The van der Waals surface area contributed by atoms with E-state index in [2.05, 4.69) is 6.92 Å². The van der Waals surface area contributed by atoms with E-state index >= 15 is 0 Å². The summed E-state index contributed by atoms with van der Waals surface area (Å²) in [7, 11) is 0. The molecule has 4 heteroatoms. The summed E-state index contributed by atoms with van der Waals surface area (Å²) in [6.07, 6.45) is 7.26. The average Bonchev–Trinajstić information content (AvgIpc) is 3.16. The quantitative estimate of drug-likeness (QED) is 0.737. The molecular formula is C19H25FN2O. The van der Waals surface area contributed by atoms with Crippen LogP contribution in [-0.2, 0) is 19.6 Å². The predicted octanol–water partition coefficient (Wildman–Crippen LogP) is 4.74. The van der Waals surface area contributed by atoms with Crippen LogP contribution in [0.15, 0.2) is 30.3 Å². The number of benzene rings is 1. The molecule has 1 aliphatic rings. The van der Waals surface area contributed by atoms with E-state index < -0.39 is 0 Å². The maximum Gasteiger partial charge on any atom is 0.212 e. The van der Waals surface area contributed by atoms with Crippen molar-refractivity contribution in [3.05, 3.63) is 47.4 Å². The van der Waals surface area contributed by atoms with Crippen molar-refractivity contribution >= 4 is 0 Å². The van der Waals surface area contributed by atoms with E-state index in [0.717, 1.165) is 36.5 Å². The van der Waals surface area contributed by atoms with Gasteiger partial charge < -0.3 is 4.74 Å². The zero-order valence-corrected chi connectivity index (χ0v) is 13.8. The molecule has 0 spiro atoms. The van der Waals surface area contributed by atoms with Crippen LogP contribution in [0.3, 0.4) is 0 Å². The molecule has 23 heavy (non-hydrogen) atoms. The van der Waals surface area contributed by atoms with Crippen molar-refractivity contribution in [3.63, 3.8) is 0 Å². The van der Waals surface area contributed by atoms with Crippen LogP contribution < -0.4 is 4.74 Å². The molecule has 0 unspecified atom stereocenters. The van der Waals surface area contributed by atoms with Crippen LogP contribution in [0.1, 0.15) is 50.3 Å². The average molecular weight is 316 g/mol. The zero-order valence-electron chi connectivity index (χ0n) is 13.8. The van der Waals surface area contributed by atoms with Crippen LogP contribution >= 0.6 is 0 Å². The Balaban J connectivity index is 1.70. The lowest BCUT2D eigenvalue weighted by atomic mass is 10.1. The molecule has 0 amide bonds. The molecule has 1 aromatic heterocycles. The number of rotatable bonds is 7. The molecule has 0 N–H and O–H groups in total. The molecular weight excluding hydrogens is 291 g/mol. The zero-order chi connectivity index (χ0) is 16.1. The summed E-state index contributed by atoms with van der Waals surface area (Å²) in [5, 5.41) is 4.71. The third-order valence-corrected chi connectivity index (χ3v) is 4.48. The smallest absolute Gasteiger partial charge is 0.212 e. The first-order chi connectivity index (χ1) is 11.2. The van der Waals surface area contributed by atoms with E-state index in [1.807, 2.05) is 16.8 Å². The lowest BCUT2D eigenvalue weighted by Gasteiger charge is -2.13. The van der Waals surface area contributed by atoms with Gasteiger partial charge in [-0.1, -0.05) is 38.3 Å². The van der Waals surface area contributed by atoms with Crippen molar-refractivity contribution in [2.45, 2.75) is 58.6 Å². The van der Waals surface area contributed by atoms with Crippen LogP contribution in [0, 0.1) is 11.7 Å². The fourth-order valence-electron chi connectivity index (χ4n) is 3.30. The molecule has 1 aromatic carbocycles. The van der Waals surface area contributed by atoms with Crippen molar-refractivity contribution in [3.8, 4) is 5.88 Å². The van der Waals surface area contributed by atoms with E-state index in [1.165, 1.54) is 37.8 Å². The molecule has 3 nitrogen and oxygen atoms in total. The Morgan fingerprint density at radius 2 is 2.09 bits per heavy atom. The van der Waals surface area contributed by atoms with Crippen LogP contribution in [0.2, 0.25) is 0 Å². The molecule has 0 atom stereocenters. The second-order valence-corrected chi connectivity index (χ2v) is 6.48. The van der Waals surface area contributed by atoms with Gasteiger partial charge in [0.25, 0.3) is 0 Å². The fraction of sp³-hybridized carbons (Fsp3) is 0.526. The molecule has 1 saturated carbocycles. The summed E-state index contributed by atoms with van der Waals surface area (Å²) >= 11 is 0. The number of halogens is 1. The van der Waals surface area contributed by atoms with Crippen LogP contribution in [0.4, 0.5) is 4.39 Å². The highest BCUT2D eigenvalue weighted by molar-refractivity contribution is 5.19. The first-order valence-corrected chi connectivity index (χ1v) is 8.68. The number of nitrogens with zero attached hydrogens (tertiary/aromatic N) is 2. The van der Waals surface area contributed by atoms with E-state index in [1.54, 1.807) is 6.07 Å². The van der Waals surface area contributed by atoms with E-state index in [9.17, 15) is 4.39 Å². The Morgan fingerprint density at radius 1 is 1.26 bits per heavy atom. The van der Waals surface area contributed by atoms with Crippen LogP contribution in [0.25, 0.3) is 0 Å². The standard InChI is InChI=1S/C19H25FN2O/c1-2-6-18-12-19(22(21-18)13-15-7-3-4-8-15)23-14-16-9-5-10-17(20)11-16/h5,9-12,15H,2-4,6-8,13-14H2,1H3. The highest BCUT2D eigenvalue weighted by atomic mass is 19.1. The van der Waals surface area contributed by atoms with Crippen molar-refractivity contribution in [2.24, 2.45) is 5.92 Å². The Bertz CT molecular complexity index is 632. The number of hydrogen-bond acceptors (Lipinski definition) is 2. The van der Waals surface area contributed by atoms with Crippen molar-refractivity contribution in [1.82, 2.24) is 9.78 Å². The minimum Gasteiger partial charge on any atom is -0.473 e. The second-order valence-electron chi connectivity index (χ2n) is 6.48. The second kappa shape index (κ2) is 7.62. The summed E-state index contributed by atoms with van der Waals surface area (Å²) < 4.78 is 21.2. The summed E-state index contributed by atoms with van der Waals surface area (Å²) in [5.74, 6) is 1.29. The lowest BCUT2D eigenvalue weighted by molar-refractivity contribution is 0.261. The largest absolute Gasteiger partial charge is 0.473 e. The van der Waals surface area contributed by atoms with E-state index in [0.29, 0.717) is 12.5 Å². The van der Waals surface area contributed by atoms with Gasteiger partial charge in [-0.15, -0.1) is 0 Å². The van der Waals surface area contributed by atoms with E-state index in [-0.39, 0.29) is 5.82 Å². The van der Waals surface area contributed by atoms with Crippen LogP contribution in [-0.4, -0.2) is 9.78 Å². The normalized spacial score (nSPS) is 15.2. The van der Waals surface area contributed by atoms with Gasteiger partial charge in [-0.2, -0.15) is 5.10 Å². The van der Waals surface area contributed by atoms with Gasteiger partial charge in [-0.25, -0.2) is 9.07 Å². The maximum absolute atomic E-state index is 13.3. The topological polar surface area (TPSA) is 27.1 Å². The SMILES string of the molecule is CCCc1cc(OCc2cccc(F)c2)n(CC2CCCC2)n1. The third-order valence-electron chi connectivity index (χ3n) is 4.48. The van der Waals surface area contributed by atoms with Gasteiger partial charge in [0.1, 0.15) is 12.4 Å². The Kier molecular flexibility index (Phi) is 5.31. The first kappa shape index (κ1) is 16.0. The molecule has 0 saturated heterocycles. The van der Waals surface area contributed by atoms with Crippen LogP contribution in [0.5, 0.6) is 5.88 Å². The van der Waals surface area contributed by atoms with Crippen molar-refractivity contribution < 1.29 is 9.13 Å². The molecule has 3 rings (SSSR count). The summed E-state index contributed by atoms with van der Waals surface area (Å²) in [4.78, 5) is 0. The minimum atomic E-state index is -0.225. The molecule has 1 heterocycles. The minimum absolute atomic E-state index is 0.225. The van der Waals surface area contributed by atoms with Crippen molar-refractivity contribution in [2.75, 3.05) is 0 Å². The predicted molar refractivity (Wildman–Crippen MR) is 88.9 cm³/mol. The van der Waals surface area contributed by atoms with Gasteiger partial charge in [-0.3, -0.25) is 0 Å². The molecule has 1 fully saturated rings. The molecule has 0 aliphatic heterocycles. The summed E-state index contributed by atoms with van der Waals surface area (Å²) in [6.45, 7) is 3.46. The Morgan fingerprint density at radius 3 is 2.83 bits per heavy atom. The number of aromatic nitrogens is 2. The highest BCUT2D eigenvalue weighted by Gasteiger charge is 2.18. The summed E-state index contributed by atoms with van der Waals surface area (Å²) in [5.41, 5.74) is 1.93. The molecule has 0 radical (unpaired) electrons. The van der Waals surface area contributed by atoms with Crippen molar-refractivity contribution in [1.29, 1.82) is 0 Å². The number of ether oxygens (including phenoxy) is 1. The Hall–Kier alpha value is -1.84. The van der Waals surface area contributed by atoms with Gasteiger partial charge in [0.15, 0.2) is 0 Å². The molecule has 1 aliphatic carbocycles. The van der Waals surface area contributed by atoms with Gasteiger partial charge >= 0.3 is 0 Å². The lowest BCUT2D eigenvalue weighted by Crippen LogP contribution is -2.11. The molecule has 0 bridgehead atoms.